The van der Waals surface area contributed by atoms with Crippen LogP contribution in [-0.2, 0) is 4.79 Å². The Labute approximate surface area is 147 Å². The van der Waals surface area contributed by atoms with Crippen LogP contribution in [0.2, 0.25) is 0 Å². The topological polar surface area (TPSA) is 56.7 Å². The Balaban J connectivity index is 1.41. The molecule has 1 N–H and O–H groups in total. The molecule has 0 radical (unpaired) electrons. The summed E-state index contributed by atoms with van der Waals surface area (Å²) < 4.78 is 14.0. The Bertz CT molecular complexity index is 637. The molecule has 2 aliphatic heterocycles. The fourth-order valence-corrected chi connectivity index (χ4v) is 4.79. The van der Waals surface area contributed by atoms with Crippen LogP contribution in [0.3, 0.4) is 0 Å². The highest BCUT2D eigenvalue weighted by atomic mass is 19.1. The highest BCUT2D eigenvalue weighted by Gasteiger charge is 2.50. The van der Waals surface area contributed by atoms with Crippen LogP contribution in [0.25, 0.3) is 0 Å². The maximum absolute atomic E-state index is 14.0. The molecular weight excluding hydrogens is 321 g/mol. The van der Waals surface area contributed by atoms with E-state index in [0.29, 0.717) is 24.9 Å². The van der Waals surface area contributed by atoms with Gasteiger partial charge in [-0.1, -0.05) is 0 Å². The van der Waals surface area contributed by atoms with Crippen molar-refractivity contribution in [3.8, 4) is 0 Å². The number of piperidine rings is 1. The summed E-state index contributed by atoms with van der Waals surface area (Å²) in [7, 11) is 0. The van der Waals surface area contributed by atoms with E-state index in [1.54, 1.807) is 12.3 Å². The number of aliphatic hydroxyl groups excluding tert-OH is 1. The number of likely N-dealkylation sites (tertiary alicyclic amines) is 1. The minimum Gasteiger partial charge on any atom is -0.393 e. The predicted molar refractivity (Wildman–Crippen MR) is 92.7 cm³/mol. The summed E-state index contributed by atoms with van der Waals surface area (Å²) in [5.74, 6) is 0.398. The van der Waals surface area contributed by atoms with Crippen molar-refractivity contribution in [2.24, 2.45) is 5.41 Å². The molecule has 3 heterocycles. The standard InChI is InChI=1S/C19H26FN3O2/c20-16-2-1-10-21-17(16)22-11-7-19(8-12-22)9-13-23(18(19)25)14-3-5-15(24)6-4-14/h1-2,10,14-15,24H,3-9,11-13H2. The Hall–Kier alpha value is -1.69. The molecule has 0 atom stereocenters. The average Bonchev–Trinajstić information content (AvgIpc) is 2.94. The third-order valence-electron chi connectivity index (χ3n) is 6.41. The molecule has 6 heteroatoms. The van der Waals surface area contributed by atoms with E-state index in [1.807, 2.05) is 4.90 Å². The van der Waals surface area contributed by atoms with Crippen LogP contribution >= 0.6 is 0 Å². The van der Waals surface area contributed by atoms with E-state index >= 15 is 0 Å². The quantitative estimate of drug-likeness (QED) is 0.892. The molecule has 3 fully saturated rings. The van der Waals surface area contributed by atoms with Crippen LogP contribution in [0.1, 0.15) is 44.9 Å². The van der Waals surface area contributed by atoms with E-state index in [9.17, 15) is 14.3 Å². The molecule has 5 nitrogen and oxygen atoms in total. The summed E-state index contributed by atoms with van der Waals surface area (Å²) in [6.07, 6.45) is 7.29. The first-order valence-electron chi connectivity index (χ1n) is 9.44. The minimum atomic E-state index is -0.293. The van der Waals surface area contributed by atoms with Crippen molar-refractivity contribution in [1.82, 2.24) is 9.88 Å². The number of hydrogen-bond acceptors (Lipinski definition) is 4. The summed E-state index contributed by atoms with van der Waals surface area (Å²) in [4.78, 5) is 21.3. The Morgan fingerprint density at radius 2 is 1.80 bits per heavy atom. The fourth-order valence-electron chi connectivity index (χ4n) is 4.79. The van der Waals surface area contributed by atoms with Crippen molar-refractivity contribution in [1.29, 1.82) is 0 Å². The number of carbonyl (C=O) groups excluding carboxylic acids is 1. The first-order valence-corrected chi connectivity index (χ1v) is 9.44. The van der Waals surface area contributed by atoms with E-state index in [0.717, 1.165) is 51.5 Å². The van der Waals surface area contributed by atoms with E-state index < -0.39 is 0 Å². The first-order chi connectivity index (χ1) is 12.1. The Kier molecular flexibility index (Phi) is 4.40. The first kappa shape index (κ1) is 16.8. The summed E-state index contributed by atoms with van der Waals surface area (Å²) in [5, 5.41) is 9.69. The largest absolute Gasteiger partial charge is 0.393 e. The van der Waals surface area contributed by atoms with Gasteiger partial charge in [0.2, 0.25) is 5.91 Å². The van der Waals surface area contributed by atoms with Crippen LogP contribution < -0.4 is 4.90 Å². The number of rotatable bonds is 2. The molecule has 4 rings (SSSR count). The molecule has 1 aromatic rings. The van der Waals surface area contributed by atoms with Gasteiger partial charge in [0, 0.05) is 31.9 Å². The van der Waals surface area contributed by atoms with Gasteiger partial charge in [0.15, 0.2) is 11.6 Å². The van der Waals surface area contributed by atoms with Gasteiger partial charge in [0.25, 0.3) is 0 Å². The van der Waals surface area contributed by atoms with Crippen molar-refractivity contribution in [2.75, 3.05) is 24.5 Å². The van der Waals surface area contributed by atoms with Gasteiger partial charge < -0.3 is 14.9 Å². The lowest BCUT2D eigenvalue weighted by molar-refractivity contribution is -0.139. The molecule has 1 aliphatic carbocycles. The summed E-state index contributed by atoms with van der Waals surface area (Å²) >= 11 is 0. The third-order valence-corrected chi connectivity index (χ3v) is 6.41. The molecule has 1 spiro atoms. The van der Waals surface area contributed by atoms with Gasteiger partial charge >= 0.3 is 0 Å². The van der Waals surface area contributed by atoms with E-state index in [1.165, 1.54) is 6.07 Å². The van der Waals surface area contributed by atoms with Gasteiger partial charge in [-0.15, -0.1) is 0 Å². The zero-order valence-corrected chi connectivity index (χ0v) is 14.5. The molecule has 0 bridgehead atoms. The lowest BCUT2D eigenvalue weighted by Crippen LogP contribution is -2.47. The van der Waals surface area contributed by atoms with Crippen molar-refractivity contribution >= 4 is 11.7 Å². The van der Waals surface area contributed by atoms with E-state index in [-0.39, 0.29) is 23.2 Å². The number of hydrogen-bond donors (Lipinski definition) is 1. The van der Waals surface area contributed by atoms with Crippen molar-refractivity contribution in [3.05, 3.63) is 24.1 Å². The number of halogens is 1. The highest BCUT2D eigenvalue weighted by molar-refractivity contribution is 5.85. The van der Waals surface area contributed by atoms with Crippen LogP contribution in [0.15, 0.2) is 18.3 Å². The zero-order valence-electron chi connectivity index (χ0n) is 14.5. The molecule has 136 valence electrons. The van der Waals surface area contributed by atoms with Crippen molar-refractivity contribution in [2.45, 2.75) is 57.1 Å². The van der Waals surface area contributed by atoms with Crippen molar-refractivity contribution < 1.29 is 14.3 Å². The molecule has 1 aromatic heterocycles. The molecule has 3 aliphatic rings. The monoisotopic (exact) mass is 347 g/mol. The number of carbonyl (C=O) groups is 1. The molecule has 0 aromatic carbocycles. The van der Waals surface area contributed by atoms with Crippen LogP contribution in [0.4, 0.5) is 10.2 Å². The molecule has 1 saturated carbocycles. The molecule has 0 unspecified atom stereocenters. The van der Waals surface area contributed by atoms with Crippen LogP contribution in [0, 0.1) is 11.2 Å². The second-order valence-corrected chi connectivity index (χ2v) is 7.79. The van der Waals surface area contributed by atoms with Gasteiger partial charge in [-0.2, -0.15) is 0 Å². The maximum Gasteiger partial charge on any atom is 0.229 e. The molecule has 1 amide bonds. The summed E-state index contributed by atoms with van der Waals surface area (Å²) in [5.41, 5.74) is -0.266. The number of aliphatic hydroxyl groups is 1. The second kappa shape index (κ2) is 6.56. The summed E-state index contributed by atoms with van der Waals surface area (Å²) in [6, 6.07) is 3.33. The lowest BCUT2D eigenvalue weighted by atomic mass is 9.77. The molecular formula is C19H26FN3O2. The molecule has 2 saturated heterocycles. The van der Waals surface area contributed by atoms with Crippen molar-refractivity contribution in [3.63, 3.8) is 0 Å². The lowest BCUT2D eigenvalue weighted by Gasteiger charge is -2.40. The number of pyridine rings is 1. The van der Waals surface area contributed by atoms with Gasteiger partial charge in [-0.25, -0.2) is 9.37 Å². The number of anilines is 1. The third kappa shape index (κ3) is 3.01. The predicted octanol–water partition coefficient (Wildman–Crippen LogP) is 2.34. The smallest absolute Gasteiger partial charge is 0.229 e. The molecule has 25 heavy (non-hydrogen) atoms. The van der Waals surface area contributed by atoms with Crippen LogP contribution in [0.5, 0.6) is 0 Å². The average molecular weight is 347 g/mol. The minimum absolute atomic E-state index is 0.195. The van der Waals surface area contributed by atoms with Crippen LogP contribution in [-0.4, -0.2) is 52.7 Å². The van der Waals surface area contributed by atoms with Gasteiger partial charge in [-0.3, -0.25) is 4.79 Å². The van der Waals surface area contributed by atoms with E-state index in [2.05, 4.69) is 9.88 Å². The summed E-state index contributed by atoms with van der Waals surface area (Å²) in [6.45, 7) is 2.19. The normalized spacial score (nSPS) is 29.4. The zero-order chi connectivity index (χ0) is 17.4. The number of aromatic nitrogens is 1. The number of nitrogens with zero attached hydrogens (tertiary/aromatic N) is 3. The number of amides is 1. The SMILES string of the molecule is O=C1N(C2CCC(O)CC2)CCC12CCN(c1ncccc1F)CC2. The fraction of sp³-hybridized carbons (Fsp3) is 0.684. The highest BCUT2D eigenvalue weighted by Crippen LogP contribution is 2.44. The van der Waals surface area contributed by atoms with Gasteiger partial charge in [-0.05, 0) is 57.1 Å². The Morgan fingerprint density at radius 3 is 2.48 bits per heavy atom. The van der Waals surface area contributed by atoms with Gasteiger partial charge in [0.05, 0.1) is 11.5 Å². The van der Waals surface area contributed by atoms with Gasteiger partial charge in [0.1, 0.15) is 0 Å². The Morgan fingerprint density at radius 1 is 1.12 bits per heavy atom. The van der Waals surface area contributed by atoms with E-state index in [4.69, 9.17) is 0 Å². The second-order valence-electron chi connectivity index (χ2n) is 7.79. The maximum atomic E-state index is 14.0.